The van der Waals surface area contributed by atoms with Crippen LogP contribution < -0.4 is 10.1 Å². The van der Waals surface area contributed by atoms with Crippen LogP contribution in [0, 0.1) is 11.8 Å². The van der Waals surface area contributed by atoms with Gasteiger partial charge in [0.25, 0.3) is 0 Å². The lowest BCUT2D eigenvalue weighted by Crippen LogP contribution is -2.50. The van der Waals surface area contributed by atoms with E-state index in [1.807, 2.05) is 12.1 Å². The van der Waals surface area contributed by atoms with Crippen molar-refractivity contribution in [2.75, 3.05) is 13.1 Å². The standard InChI is InChI=1S/C11H12N2O.ClH/c1-2-4-10-11(5-3-6-13-10)14-9-7-12-8-9;/h3,5-6,9,12H,7-8H2,1H3;1H. The Morgan fingerprint density at radius 2 is 2.33 bits per heavy atom. The Morgan fingerprint density at radius 3 is 2.93 bits per heavy atom. The molecule has 2 rings (SSSR count). The zero-order valence-corrected chi connectivity index (χ0v) is 9.30. The average Bonchev–Trinajstić information content (AvgIpc) is 2.14. The summed E-state index contributed by atoms with van der Waals surface area (Å²) in [7, 11) is 0. The van der Waals surface area contributed by atoms with Crippen LogP contribution in [0.1, 0.15) is 12.6 Å². The molecule has 0 bridgehead atoms. The van der Waals surface area contributed by atoms with Gasteiger partial charge in [-0.15, -0.1) is 12.4 Å². The average molecular weight is 225 g/mol. The van der Waals surface area contributed by atoms with Crippen LogP contribution >= 0.6 is 12.4 Å². The Hall–Kier alpha value is -1.24. The minimum Gasteiger partial charge on any atom is -0.485 e. The molecule has 0 aromatic carbocycles. The normalized spacial score (nSPS) is 14.2. The molecule has 2 heterocycles. The van der Waals surface area contributed by atoms with Crippen molar-refractivity contribution in [2.24, 2.45) is 0 Å². The summed E-state index contributed by atoms with van der Waals surface area (Å²) in [4.78, 5) is 4.16. The number of hydrogen-bond donors (Lipinski definition) is 1. The predicted molar refractivity (Wildman–Crippen MR) is 61.3 cm³/mol. The molecular formula is C11H13ClN2O. The highest BCUT2D eigenvalue weighted by Gasteiger charge is 2.19. The lowest BCUT2D eigenvalue weighted by Gasteiger charge is -2.27. The van der Waals surface area contributed by atoms with Crippen LogP contribution in [0.2, 0.25) is 0 Å². The third-order valence-electron chi connectivity index (χ3n) is 2.05. The number of pyridine rings is 1. The van der Waals surface area contributed by atoms with Crippen LogP contribution in [0.4, 0.5) is 0 Å². The minimum absolute atomic E-state index is 0. The summed E-state index contributed by atoms with van der Waals surface area (Å²) in [5.41, 5.74) is 0.724. The molecule has 0 amide bonds. The second-order valence-electron chi connectivity index (χ2n) is 3.12. The highest BCUT2D eigenvalue weighted by molar-refractivity contribution is 5.85. The Labute approximate surface area is 95.7 Å². The van der Waals surface area contributed by atoms with E-state index >= 15 is 0 Å². The molecule has 4 heteroatoms. The second kappa shape index (κ2) is 5.59. The number of hydrogen-bond acceptors (Lipinski definition) is 3. The fourth-order valence-corrected chi connectivity index (χ4v) is 1.22. The Balaban J connectivity index is 0.00000112. The maximum absolute atomic E-state index is 5.71. The smallest absolute Gasteiger partial charge is 0.155 e. The number of halogens is 1. The lowest BCUT2D eigenvalue weighted by molar-refractivity contribution is 0.141. The van der Waals surface area contributed by atoms with E-state index in [2.05, 4.69) is 22.1 Å². The summed E-state index contributed by atoms with van der Waals surface area (Å²) < 4.78 is 5.71. The van der Waals surface area contributed by atoms with E-state index in [1.54, 1.807) is 13.1 Å². The quantitative estimate of drug-likeness (QED) is 0.768. The third-order valence-corrected chi connectivity index (χ3v) is 2.05. The van der Waals surface area contributed by atoms with Gasteiger partial charge in [-0.2, -0.15) is 0 Å². The summed E-state index contributed by atoms with van der Waals surface area (Å²) in [5.74, 6) is 6.53. The molecule has 15 heavy (non-hydrogen) atoms. The van der Waals surface area contributed by atoms with E-state index < -0.39 is 0 Å². The lowest BCUT2D eigenvalue weighted by atomic mass is 10.2. The first kappa shape index (κ1) is 11.8. The minimum atomic E-state index is 0. The molecule has 80 valence electrons. The Bertz CT molecular complexity index is 380. The van der Waals surface area contributed by atoms with Crippen molar-refractivity contribution in [3.05, 3.63) is 24.0 Å². The number of nitrogens with one attached hydrogen (secondary N) is 1. The molecule has 1 fully saturated rings. The van der Waals surface area contributed by atoms with Crippen molar-refractivity contribution in [3.63, 3.8) is 0 Å². The van der Waals surface area contributed by atoms with Gasteiger partial charge in [0.1, 0.15) is 6.10 Å². The maximum atomic E-state index is 5.71. The van der Waals surface area contributed by atoms with Crippen molar-refractivity contribution in [3.8, 4) is 17.6 Å². The van der Waals surface area contributed by atoms with Gasteiger partial charge in [-0.1, -0.05) is 5.92 Å². The first-order chi connectivity index (χ1) is 6.90. The van der Waals surface area contributed by atoms with Crippen LogP contribution in [0.15, 0.2) is 18.3 Å². The second-order valence-corrected chi connectivity index (χ2v) is 3.12. The summed E-state index contributed by atoms with van der Waals surface area (Å²) in [5, 5.41) is 3.15. The summed E-state index contributed by atoms with van der Waals surface area (Å²) >= 11 is 0. The van der Waals surface area contributed by atoms with Gasteiger partial charge >= 0.3 is 0 Å². The molecule has 0 unspecified atom stereocenters. The molecule has 1 aliphatic heterocycles. The van der Waals surface area contributed by atoms with E-state index in [1.165, 1.54) is 0 Å². The highest BCUT2D eigenvalue weighted by atomic mass is 35.5. The largest absolute Gasteiger partial charge is 0.485 e. The summed E-state index contributed by atoms with van der Waals surface area (Å²) in [6.07, 6.45) is 2.00. The summed E-state index contributed by atoms with van der Waals surface area (Å²) in [6, 6.07) is 3.77. The number of rotatable bonds is 2. The van der Waals surface area contributed by atoms with Gasteiger partial charge in [0, 0.05) is 19.3 Å². The number of ether oxygens (including phenoxy) is 1. The molecule has 0 atom stereocenters. The van der Waals surface area contributed by atoms with Crippen LogP contribution in [0.3, 0.4) is 0 Å². The molecule has 0 aliphatic carbocycles. The van der Waals surface area contributed by atoms with Gasteiger partial charge in [-0.25, -0.2) is 4.98 Å². The van der Waals surface area contributed by atoms with E-state index in [9.17, 15) is 0 Å². The van der Waals surface area contributed by atoms with Crippen LogP contribution in [0.25, 0.3) is 0 Å². The highest BCUT2D eigenvalue weighted by Crippen LogP contribution is 2.16. The zero-order valence-electron chi connectivity index (χ0n) is 8.49. The molecular weight excluding hydrogens is 212 g/mol. The van der Waals surface area contributed by atoms with Gasteiger partial charge in [0.15, 0.2) is 11.4 Å². The zero-order chi connectivity index (χ0) is 9.80. The molecule has 3 nitrogen and oxygen atoms in total. The predicted octanol–water partition coefficient (Wildman–Crippen LogP) is 1.23. The van der Waals surface area contributed by atoms with Crippen LogP contribution in [-0.4, -0.2) is 24.2 Å². The van der Waals surface area contributed by atoms with Gasteiger partial charge < -0.3 is 10.1 Å². The monoisotopic (exact) mass is 224 g/mol. The van der Waals surface area contributed by atoms with E-state index in [0.717, 1.165) is 24.5 Å². The van der Waals surface area contributed by atoms with Crippen molar-refractivity contribution >= 4 is 12.4 Å². The molecule has 1 N–H and O–H groups in total. The SMILES string of the molecule is CC#Cc1ncccc1OC1CNC1.Cl. The molecule has 1 aromatic heterocycles. The molecule has 1 saturated heterocycles. The molecule has 1 aliphatic rings. The van der Waals surface area contributed by atoms with Crippen molar-refractivity contribution in [2.45, 2.75) is 13.0 Å². The van der Waals surface area contributed by atoms with E-state index in [0.29, 0.717) is 0 Å². The first-order valence-corrected chi connectivity index (χ1v) is 4.65. The van der Waals surface area contributed by atoms with Crippen molar-refractivity contribution in [1.29, 1.82) is 0 Å². The van der Waals surface area contributed by atoms with Crippen molar-refractivity contribution in [1.82, 2.24) is 10.3 Å². The van der Waals surface area contributed by atoms with Crippen LogP contribution in [-0.2, 0) is 0 Å². The topological polar surface area (TPSA) is 34.1 Å². The molecule has 0 spiro atoms. The first-order valence-electron chi connectivity index (χ1n) is 4.65. The number of aromatic nitrogens is 1. The van der Waals surface area contributed by atoms with E-state index in [4.69, 9.17) is 4.74 Å². The fourth-order valence-electron chi connectivity index (χ4n) is 1.22. The molecule has 0 radical (unpaired) electrons. The van der Waals surface area contributed by atoms with Crippen molar-refractivity contribution < 1.29 is 4.74 Å². The Kier molecular flexibility index (Phi) is 4.41. The fraction of sp³-hybridized carbons (Fsp3) is 0.364. The van der Waals surface area contributed by atoms with Gasteiger partial charge in [0.2, 0.25) is 0 Å². The summed E-state index contributed by atoms with van der Waals surface area (Å²) in [6.45, 7) is 3.62. The van der Waals surface area contributed by atoms with Gasteiger partial charge in [-0.3, -0.25) is 0 Å². The van der Waals surface area contributed by atoms with Gasteiger partial charge in [-0.05, 0) is 25.0 Å². The van der Waals surface area contributed by atoms with Gasteiger partial charge in [0.05, 0.1) is 0 Å². The third kappa shape index (κ3) is 2.85. The molecule has 1 aromatic rings. The maximum Gasteiger partial charge on any atom is 0.155 e. The molecule has 0 saturated carbocycles. The van der Waals surface area contributed by atoms with Crippen LogP contribution in [0.5, 0.6) is 5.75 Å². The Morgan fingerprint density at radius 1 is 1.53 bits per heavy atom. The number of nitrogens with zero attached hydrogens (tertiary/aromatic N) is 1. The van der Waals surface area contributed by atoms with E-state index in [-0.39, 0.29) is 18.5 Å².